The molecular weight excluding hydrogens is 220 g/mol. The van der Waals surface area contributed by atoms with Crippen LogP contribution < -0.4 is 4.74 Å². The zero-order chi connectivity index (χ0) is 12.8. The summed E-state index contributed by atoms with van der Waals surface area (Å²) in [7, 11) is 1.47. The first-order chi connectivity index (χ1) is 8.10. The lowest BCUT2D eigenvalue weighted by Gasteiger charge is -2.06. The summed E-state index contributed by atoms with van der Waals surface area (Å²) in [5, 5.41) is 9.83. The molecule has 4 nitrogen and oxygen atoms in total. The zero-order valence-electron chi connectivity index (χ0n) is 10.2. The van der Waals surface area contributed by atoms with E-state index in [4.69, 9.17) is 9.47 Å². The summed E-state index contributed by atoms with van der Waals surface area (Å²) in [4.78, 5) is 11.4. The van der Waals surface area contributed by atoms with Gasteiger partial charge < -0.3 is 14.6 Å². The molecule has 4 heteroatoms. The molecule has 17 heavy (non-hydrogen) atoms. The van der Waals surface area contributed by atoms with E-state index in [1.165, 1.54) is 7.11 Å². The number of hydrogen-bond donors (Lipinski definition) is 1. The summed E-state index contributed by atoms with van der Waals surface area (Å²) in [6.45, 7) is 3.71. The van der Waals surface area contributed by atoms with Gasteiger partial charge in [0.05, 0.1) is 13.7 Å². The van der Waals surface area contributed by atoms with E-state index in [9.17, 15) is 9.90 Å². The largest absolute Gasteiger partial charge is 0.504 e. The van der Waals surface area contributed by atoms with Crippen molar-refractivity contribution in [2.45, 2.75) is 13.8 Å². The van der Waals surface area contributed by atoms with E-state index in [2.05, 4.69) is 0 Å². The smallest absolute Gasteiger partial charge is 0.333 e. The Balaban J connectivity index is 3.01. The van der Waals surface area contributed by atoms with E-state index >= 15 is 0 Å². The van der Waals surface area contributed by atoms with Crippen LogP contribution in [0, 0.1) is 0 Å². The maximum Gasteiger partial charge on any atom is 0.333 e. The monoisotopic (exact) mass is 236 g/mol. The summed E-state index contributed by atoms with van der Waals surface area (Å²) in [5.41, 5.74) is 0.949. The molecule has 0 aliphatic carbocycles. The average molecular weight is 236 g/mol. The second kappa shape index (κ2) is 5.94. The Labute approximate surface area is 100 Å². The average Bonchev–Trinajstić information content (AvgIpc) is 2.32. The van der Waals surface area contributed by atoms with Crippen LogP contribution in [0.4, 0.5) is 0 Å². The molecule has 0 fully saturated rings. The summed E-state index contributed by atoms with van der Waals surface area (Å²) < 4.78 is 9.83. The van der Waals surface area contributed by atoms with Gasteiger partial charge in [-0.2, -0.15) is 0 Å². The molecule has 0 spiro atoms. The van der Waals surface area contributed by atoms with Gasteiger partial charge in [0.2, 0.25) is 0 Å². The van der Waals surface area contributed by atoms with Crippen LogP contribution in [0.2, 0.25) is 0 Å². The maximum absolute atomic E-state index is 11.4. The third-order valence-electron chi connectivity index (χ3n) is 2.22. The summed E-state index contributed by atoms with van der Waals surface area (Å²) >= 11 is 0. The molecule has 0 bridgehead atoms. The van der Waals surface area contributed by atoms with Gasteiger partial charge >= 0.3 is 5.97 Å². The minimum absolute atomic E-state index is 0.0126. The highest BCUT2D eigenvalue weighted by Crippen LogP contribution is 2.30. The van der Waals surface area contributed by atoms with Crippen molar-refractivity contribution in [3.05, 3.63) is 29.3 Å². The third-order valence-corrected chi connectivity index (χ3v) is 2.22. The molecule has 0 heterocycles. The van der Waals surface area contributed by atoms with E-state index in [-0.39, 0.29) is 5.75 Å². The molecule has 0 atom stereocenters. The van der Waals surface area contributed by atoms with Crippen molar-refractivity contribution in [1.29, 1.82) is 0 Å². The molecule has 0 radical (unpaired) electrons. The molecule has 0 unspecified atom stereocenters. The highest BCUT2D eigenvalue weighted by Gasteiger charge is 2.09. The van der Waals surface area contributed by atoms with Crippen LogP contribution in [0.5, 0.6) is 11.5 Å². The van der Waals surface area contributed by atoms with Gasteiger partial charge in [0.1, 0.15) is 0 Å². The number of para-hydroxylation sites is 1. The topological polar surface area (TPSA) is 55.8 Å². The van der Waals surface area contributed by atoms with Gasteiger partial charge in [-0.3, -0.25) is 0 Å². The Morgan fingerprint density at radius 2 is 2.18 bits per heavy atom. The lowest BCUT2D eigenvalue weighted by molar-refractivity contribution is -0.138. The van der Waals surface area contributed by atoms with Gasteiger partial charge in [0.15, 0.2) is 11.5 Å². The van der Waals surface area contributed by atoms with Gasteiger partial charge in [-0.1, -0.05) is 12.1 Å². The number of carbonyl (C=O) groups excluding carboxylic acids is 1. The Hall–Kier alpha value is -1.97. The third kappa shape index (κ3) is 3.24. The molecule has 0 saturated carbocycles. The lowest BCUT2D eigenvalue weighted by atomic mass is 10.1. The van der Waals surface area contributed by atoms with Crippen LogP contribution >= 0.6 is 0 Å². The van der Waals surface area contributed by atoms with E-state index < -0.39 is 5.97 Å². The highest BCUT2D eigenvalue weighted by atomic mass is 16.5. The number of phenolic OH excluding ortho intramolecular Hbond substituents is 1. The zero-order valence-corrected chi connectivity index (χ0v) is 10.2. The molecule has 0 aliphatic heterocycles. The van der Waals surface area contributed by atoms with Crippen molar-refractivity contribution in [2.75, 3.05) is 13.7 Å². The standard InChI is InChI=1S/C13H16O4/c1-4-17-13(15)9(2)8-10-6-5-7-11(16-3)12(10)14/h5-8,14H,4H2,1-3H3/b9-8+. The van der Waals surface area contributed by atoms with Gasteiger partial charge in [-0.15, -0.1) is 0 Å². The fourth-order valence-corrected chi connectivity index (χ4v) is 1.36. The SMILES string of the molecule is CCOC(=O)/C(C)=C/c1cccc(OC)c1O. The van der Waals surface area contributed by atoms with Gasteiger partial charge in [-0.25, -0.2) is 4.79 Å². The van der Waals surface area contributed by atoms with Crippen molar-refractivity contribution in [3.8, 4) is 11.5 Å². The predicted octanol–water partition coefficient (Wildman–Crippen LogP) is 2.37. The molecule has 0 saturated heterocycles. The summed E-state index contributed by atoms with van der Waals surface area (Å²) in [5.74, 6) is -0.0104. The second-order valence-corrected chi connectivity index (χ2v) is 3.45. The Bertz CT molecular complexity index is 435. The first kappa shape index (κ1) is 13.1. The first-order valence-electron chi connectivity index (χ1n) is 5.31. The van der Waals surface area contributed by atoms with Gasteiger partial charge in [0.25, 0.3) is 0 Å². The Morgan fingerprint density at radius 1 is 1.47 bits per heavy atom. The summed E-state index contributed by atoms with van der Waals surface area (Å²) in [6, 6.07) is 5.08. The number of methoxy groups -OCH3 is 1. The van der Waals surface area contributed by atoms with E-state index in [1.807, 2.05) is 0 Å². The molecule has 0 aromatic heterocycles. The number of esters is 1. The highest BCUT2D eigenvalue weighted by molar-refractivity contribution is 5.93. The Kier molecular flexibility index (Phi) is 4.57. The molecule has 92 valence electrons. The number of rotatable bonds is 4. The van der Waals surface area contributed by atoms with E-state index in [1.54, 1.807) is 38.1 Å². The first-order valence-corrected chi connectivity index (χ1v) is 5.31. The van der Waals surface area contributed by atoms with Crippen LogP contribution in [0.3, 0.4) is 0 Å². The van der Waals surface area contributed by atoms with Crippen LogP contribution in [0.25, 0.3) is 6.08 Å². The van der Waals surface area contributed by atoms with Crippen molar-refractivity contribution >= 4 is 12.0 Å². The minimum atomic E-state index is -0.394. The molecule has 1 rings (SSSR count). The molecule has 1 aromatic carbocycles. The Morgan fingerprint density at radius 3 is 2.76 bits per heavy atom. The van der Waals surface area contributed by atoms with Crippen LogP contribution in [0.15, 0.2) is 23.8 Å². The van der Waals surface area contributed by atoms with Crippen molar-refractivity contribution in [1.82, 2.24) is 0 Å². The fraction of sp³-hybridized carbons (Fsp3) is 0.308. The van der Waals surface area contributed by atoms with E-state index in [0.717, 1.165) is 0 Å². The molecular formula is C13H16O4. The van der Waals surface area contributed by atoms with Crippen LogP contribution in [0.1, 0.15) is 19.4 Å². The van der Waals surface area contributed by atoms with Crippen molar-refractivity contribution in [2.24, 2.45) is 0 Å². The van der Waals surface area contributed by atoms with Gasteiger partial charge in [0, 0.05) is 11.1 Å². The maximum atomic E-state index is 11.4. The second-order valence-electron chi connectivity index (χ2n) is 3.45. The predicted molar refractivity (Wildman–Crippen MR) is 64.9 cm³/mol. The van der Waals surface area contributed by atoms with Crippen molar-refractivity contribution in [3.63, 3.8) is 0 Å². The van der Waals surface area contributed by atoms with Gasteiger partial charge in [-0.05, 0) is 26.0 Å². The minimum Gasteiger partial charge on any atom is -0.504 e. The normalized spacial score (nSPS) is 11.1. The number of phenols is 1. The number of carbonyl (C=O) groups is 1. The molecule has 0 aliphatic rings. The molecule has 1 aromatic rings. The van der Waals surface area contributed by atoms with Crippen LogP contribution in [-0.2, 0) is 9.53 Å². The molecule has 0 amide bonds. The lowest BCUT2D eigenvalue weighted by Crippen LogP contribution is -2.04. The quantitative estimate of drug-likeness (QED) is 0.644. The van der Waals surface area contributed by atoms with E-state index in [0.29, 0.717) is 23.5 Å². The number of benzene rings is 1. The number of ether oxygens (including phenoxy) is 2. The molecule has 1 N–H and O–H groups in total. The van der Waals surface area contributed by atoms with Crippen molar-refractivity contribution < 1.29 is 19.4 Å². The number of hydrogen-bond acceptors (Lipinski definition) is 4. The number of aromatic hydroxyl groups is 1. The van der Waals surface area contributed by atoms with Crippen LogP contribution in [-0.4, -0.2) is 24.8 Å². The summed E-state index contributed by atoms with van der Waals surface area (Å²) in [6.07, 6.45) is 1.57. The fourth-order valence-electron chi connectivity index (χ4n) is 1.36.